The molecule has 0 unspecified atom stereocenters. The molecular weight excluding hydrogens is 154 g/mol. The number of hydrogen-bond acceptors (Lipinski definition) is 3. The van der Waals surface area contributed by atoms with Gasteiger partial charge in [-0.3, -0.25) is 0 Å². The normalized spacial score (nSPS) is 17.2. The van der Waals surface area contributed by atoms with Crippen molar-refractivity contribution in [2.45, 2.75) is 19.8 Å². The molecule has 12 heavy (non-hydrogen) atoms. The zero-order chi connectivity index (χ0) is 8.81. The zero-order valence-corrected chi connectivity index (χ0v) is 7.45. The van der Waals surface area contributed by atoms with Crippen molar-refractivity contribution in [1.82, 2.24) is 4.90 Å². The second-order valence-electron chi connectivity index (χ2n) is 2.81. The van der Waals surface area contributed by atoms with Gasteiger partial charge in [0.25, 0.3) is 0 Å². The lowest BCUT2D eigenvalue weighted by atomic mass is 10.4. The molecule has 0 bridgehead atoms. The van der Waals surface area contributed by atoms with E-state index in [2.05, 4.69) is 4.90 Å². The number of ether oxygens (including phenoxy) is 1. The third kappa shape index (κ3) is 2.95. The Balaban J connectivity index is 2.23. The van der Waals surface area contributed by atoms with Crippen molar-refractivity contribution in [3.8, 4) is 0 Å². The van der Waals surface area contributed by atoms with E-state index in [0.29, 0.717) is 6.61 Å². The maximum Gasteiger partial charge on any atom is 0.332 e. The standard InChI is InChI=1S/C9H15NO2/c1-2-12-9(11)5-8-10-6-3-4-7-10/h5,8H,2-4,6-7H2,1H3. The summed E-state index contributed by atoms with van der Waals surface area (Å²) in [7, 11) is 0. The lowest BCUT2D eigenvalue weighted by molar-refractivity contribution is -0.137. The van der Waals surface area contributed by atoms with Gasteiger partial charge in [-0.2, -0.15) is 0 Å². The molecule has 3 nitrogen and oxygen atoms in total. The highest BCUT2D eigenvalue weighted by atomic mass is 16.5. The van der Waals surface area contributed by atoms with Gasteiger partial charge in [0.05, 0.1) is 6.61 Å². The van der Waals surface area contributed by atoms with Crippen molar-refractivity contribution in [3.05, 3.63) is 12.3 Å². The van der Waals surface area contributed by atoms with Gasteiger partial charge in [-0.05, 0) is 19.8 Å². The average Bonchev–Trinajstić information content (AvgIpc) is 2.53. The summed E-state index contributed by atoms with van der Waals surface area (Å²) in [5, 5.41) is 0. The van der Waals surface area contributed by atoms with Crippen molar-refractivity contribution < 1.29 is 9.53 Å². The first kappa shape index (κ1) is 9.10. The maximum atomic E-state index is 10.9. The van der Waals surface area contributed by atoms with Gasteiger partial charge < -0.3 is 9.64 Å². The zero-order valence-electron chi connectivity index (χ0n) is 7.45. The number of carbonyl (C=O) groups is 1. The number of nitrogens with zero attached hydrogens (tertiary/aromatic N) is 1. The molecule has 0 saturated carbocycles. The third-order valence-electron chi connectivity index (χ3n) is 1.85. The van der Waals surface area contributed by atoms with Crippen LogP contribution in [0.3, 0.4) is 0 Å². The molecule has 1 saturated heterocycles. The predicted molar refractivity (Wildman–Crippen MR) is 46.6 cm³/mol. The molecular formula is C9H15NO2. The molecule has 0 spiro atoms. The first-order valence-electron chi connectivity index (χ1n) is 4.42. The number of rotatable bonds is 3. The Kier molecular flexibility index (Phi) is 3.64. The SMILES string of the molecule is CCOC(=O)C=CN1CCCC1. The second-order valence-corrected chi connectivity index (χ2v) is 2.81. The first-order chi connectivity index (χ1) is 5.83. The third-order valence-corrected chi connectivity index (χ3v) is 1.85. The molecule has 0 atom stereocenters. The van der Waals surface area contributed by atoms with Crippen molar-refractivity contribution in [1.29, 1.82) is 0 Å². The van der Waals surface area contributed by atoms with Crippen LogP contribution in [-0.4, -0.2) is 30.6 Å². The molecule has 3 heteroatoms. The van der Waals surface area contributed by atoms with E-state index < -0.39 is 0 Å². The van der Waals surface area contributed by atoms with E-state index in [9.17, 15) is 4.79 Å². The minimum Gasteiger partial charge on any atom is -0.463 e. The van der Waals surface area contributed by atoms with Crippen LogP contribution in [-0.2, 0) is 9.53 Å². The number of carbonyl (C=O) groups excluding carboxylic acids is 1. The van der Waals surface area contributed by atoms with Crippen molar-refractivity contribution in [2.24, 2.45) is 0 Å². The van der Waals surface area contributed by atoms with Crippen LogP contribution in [0.4, 0.5) is 0 Å². The Morgan fingerprint density at radius 3 is 2.75 bits per heavy atom. The Morgan fingerprint density at radius 1 is 1.50 bits per heavy atom. The Hall–Kier alpha value is -0.990. The number of esters is 1. The fourth-order valence-electron chi connectivity index (χ4n) is 1.25. The van der Waals surface area contributed by atoms with Crippen LogP contribution < -0.4 is 0 Å². The number of hydrogen-bond donors (Lipinski definition) is 0. The van der Waals surface area contributed by atoms with E-state index in [-0.39, 0.29) is 5.97 Å². The van der Waals surface area contributed by atoms with Gasteiger partial charge in [0.1, 0.15) is 0 Å². The van der Waals surface area contributed by atoms with Gasteiger partial charge in [0.15, 0.2) is 0 Å². The molecule has 0 aliphatic carbocycles. The van der Waals surface area contributed by atoms with Gasteiger partial charge in [0.2, 0.25) is 0 Å². The quantitative estimate of drug-likeness (QED) is 0.469. The maximum absolute atomic E-state index is 10.9. The van der Waals surface area contributed by atoms with Gasteiger partial charge >= 0.3 is 5.97 Å². The van der Waals surface area contributed by atoms with Crippen LogP contribution in [0.1, 0.15) is 19.8 Å². The van der Waals surface area contributed by atoms with E-state index in [0.717, 1.165) is 13.1 Å². The molecule has 0 radical (unpaired) electrons. The highest BCUT2D eigenvalue weighted by Crippen LogP contribution is 2.06. The summed E-state index contributed by atoms with van der Waals surface area (Å²) in [5.41, 5.74) is 0. The summed E-state index contributed by atoms with van der Waals surface area (Å²) < 4.78 is 4.75. The molecule has 0 aromatic carbocycles. The molecule has 0 aromatic heterocycles. The molecule has 0 aromatic rings. The van der Waals surface area contributed by atoms with Gasteiger partial charge in [-0.1, -0.05) is 0 Å². The molecule has 68 valence electrons. The largest absolute Gasteiger partial charge is 0.463 e. The van der Waals surface area contributed by atoms with E-state index in [1.165, 1.54) is 18.9 Å². The highest BCUT2D eigenvalue weighted by Gasteiger charge is 2.06. The van der Waals surface area contributed by atoms with Crippen LogP contribution in [0.5, 0.6) is 0 Å². The topological polar surface area (TPSA) is 29.5 Å². The molecule has 1 fully saturated rings. The second kappa shape index (κ2) is 4.80. The Labute approximate surface area is 73.0 Å². The highest BCUT2D eigenvalue weighted by molar-refractivity contribution is 5.81. The molecule has 0 amide bonds. The van der Waals surface area contributed by atoms with E-state index in [1.54, 1.807) is 0 Å². The van der Waals surface area contributed by atoms with Crippen molar-refractivity contribution in [2.75, 3.05) is 19.7 Å². The van der Waals surface area contributed by atoms with Crippen LogP contribution in [0.2, 0.25) is 0 Å². The summed E-state index contributed by atoms with van der Waals surface area (Å²) in [6.45, 7) is 4.39. The van der Waals surface area contributed by atoms with E-state index in [1.807, 2.05) is 13.1 Å². The first-order valence-corrected chi connectivity index (χ1v) is 4.42. The number of likely N-dealkylation sites (tertiary alicyclic amines) is 1. The lowest BCUT2D eigenvalue weighted by Gasteiger charge is -2.09. The fraction of sp³-hybridized carbons (Fsp3) is 0.667. The smallest absolute Gasteiger partial charge is 0.332 e. The molecule has 1 heterocycles. The molecule has 1 aliphatic rings. The minimum absolute atomic E-state index is 0.246. The monoisotopic (exact) mass is 169 g/mol. The predicted octanol–water partition coefficient (Wildman–Crippen LogP) is 1.16. The molecule has 1 aliphatic heterocycles. The average molecular weight is 169 g/mol. The van der Waals surface area contributed by atoms with E-state index in [4.69, 9.17) is 4.74 Å². The van der Waals surface area contributed by atoms with Gasteiger partial charge in [0, 0.05) is 25.4 Å². The summed E-state index contributed by atoms with van der Waals surface area (Å²) >= 11 is 0. The summed E-state index contributed by atoms with van der Waals surface area (Å²) in [6.07, 6.45) is 5.78. The van der Waals surface area contributed by atoms with Gasteiger partial charge in [-0.25, -0.2) is 4.79 Å². The minimum atomic E-state index is -0.246. The van der Waals surface area contributed by atoms with Gasteiger partial charge in [-0.15, -0.1) is 0 Å². The lowest BCUT2D eigenvalue weighted by Crippen LogP contribution is -2.11. The summed E-state index contributed by atoms with van der Waals surface area (Å²) in [4.78, 5) is 13.0. The fourth-order valence-corrected chi connectivity index (χ4v) is 1.25. The van der Waals surface area contributed by atoms with Crippen LogP contribution >= 0.6 is 0 Å². The molecule has 0 N–H and O–H groups in total. The van der Waals surface area contributed by atoms with Crippen LogP contribution in [0.15, 0.2) is 12.3 Å². The van der Waals surface area contributed by atoms with Crippen LogP contribution in [0, 0.1) is 0 Å². The Bertz CT molecular complexity index is 171. The van der Waals surface area contributed by atoms with E-state index >= 15 is 0 Å². The summed E-state index contributed by atoms with van der Waals surface area (Å²) in [6, 6.07) is 0. The van der Waals surface area contributed by atoms with Crippen molar-refractivity contribution >= 4 is 5.97 Å². The van der Waals surface area contributed by atoms with Crippen LogP contribution in [0.25, 0.3) is 0 Å². The van der Waals surface area contributed by atoms with Crippen molar-refractivity contribution in [3.63, 3.8) is 0 Å². The summed E-state index contributed by atoms with van der Waals surface area (Å²) in [5.74, 6) is -0.246. The Morgan fingerprint density at radius 2 is 2.17 bits per heavy atom. The molecule has 1 rings (SSSR count).